The highest BCUT2D eigenvalue weighted by Crippen LogP contribution is 2.48. The number of aromatic carboxylic acids is 1. The zero-order valence-electron chi connectivity index (χ0n) is 22.5. The highest BCUT2D eigenvalue weighted by atomic mass is 16.8. The summed E-state index contributed by atoms with van der Waals surface area (Å²) in [5.41, 5.74) is 6.66. The van der Waals surface area contributed by atoms with Crippen molar-refractivity contribution in [2.45, 2.75) is 76.9 Å². The molecule has 4 heterocycles. The third-order valence-corrected chi connectivity index (χ3v) is 6.66. The van der Waals surface area contributed by atoms with E-state index in [-0.39, 0.29) is 23.5 Å². The number of anilines is 1. The van der Waals surface area contributed by atoms with E-state index in [0.29, 0.717) is 12.3 Å². The van der Waals surface area contributed by atoms with Crippen LogP contribution in [0.5, 0.6) is 0 Å². The Hall–Kier alpha value is -3.74. The SMILES string of the molecule is CC(C)(C)OC(=O)N1[C@H](COCc2ccccc2)[C@H]2OC(C)(C)O[C@H]2[C@@H]1c1cc(C(=O)O)c2c(N)ncnn12. The minimum atomic E-state index is -1.20. The van der Waals surface area contributed by atoms with E-state index in [0.717, 1.165) is 5.56 Å². The molecule has 0 spiro atoms. The smallest absolute Gasteiger partial charge is 0.411 e. The van der Waals surface area contributed by atoms with E-state index in [2.05, 4.69) is 10.1 Å². The molecule has 5 rings (SSSR count). The molecule has 12 heteroatoms. The van der Waals surface area contributed by atoms with Crippen LogP contribution in [-0.4, -0.2) is 72.9 Å². The van der Waals surface area contributed by atoms with Crippen LogP contribution in [0, 0.1) is 0 Å². The van der Waals surface area contributed by atoms with Gasteiger partial charge in [-0.25, -0.2) is 19.1 Å². The summed E-state index contributed by atoms with van der Waals surface area (Å²) in [6.07, 6.45) is -0.646. The van der Waals surface area contributed by atoms with E-state index < -0.39 is 47.7 Å². The van der Waals surface area contributed by atoms with Crippen LogP contribution in [0.1, 0.15) is 62.3 Å². The molecule has 3 aromatic rings. The summed E-state index contributed by atoms with van der Waals surface area (Å²) < 4.78 is 25.9. The molecule has 1 aromatic carbocycles. The van der Waals surface area contributed by atoms with Gasteiger partial charge in [0.05, 0.1) is 30.5 Å². The number of hydrogen-bond donors (Lipinski definition) is 2. The number of rotatable bonds is 6. The van der Waals surface area contributed by atoms with Gasteiger partial charge in [0.2, 0.25) is 0 Å². The van der Waals surface area contributed by atoms with Gasteiger partial charge in [-0.15, -0.1) is 0 Å². The molecule has 2 aliphatic heterocycles. The molecule has 2 aliphatic rings. The highest BCUT2D eigenvalue weighted by Gasteiger charge is 2.61. The van der Waals surface area contributed by atoms with Gasteiger partial charge in [-0.05, 0) is 46.2 Å². The van der Waals surface area contributed by atoms with E-state index in [9.17, 15) is 14.7 Å². The van der Waals surface area contributed by atoms with E-state index in [1.165, 1.54) is 21.8 Å². The summed E-state index contributed by atoms with van der Waals surface area (Å²) in [7, 11) is 0. The number of nitrogen functional groups attached to an aromatic ring is 1. The molecule has 0 radical (unpaired) electrons. The lowest BCUT2D eigenvalue weighted by Crippen LogP contribution is -2.47. The molecular weight excluding hydrogens is 506 g/mol. The molecule has 4 atom stereocenters. The normalized spacial score (nSPS) is 24.2. The lowest BCUT2D eigenvalue weighted by Gasteiger charge is -2.35. The molecule has 2 saturated heterocycles. The van der Waals surface area contributed by atoms with Crippen molar-refractivity contribution < 1.29 is 33.6 Å². The number of benzene rings is 1. The van der Waals surface area contributed by atoms with Gasteiger partial charge in [-0.3, -0.25) is 4.90 Å². The standard InChI is InChI=1S/C27H33N5O7/c1-26(2,3)39-25(35)31-18(13-36-12-15-9-7-6-8-10-15)21-22(38-27(4,5)37-21)20(31)17-11-16(24(33)34)19-23(28)29-14-30-32(17)19/h6-11,14,18,20-22H,12-13H2,1-5H3,(H,33,34)(H2,28,29,30)/t18-,20+,21-,22+/m1/s1. The monoisotopic (exact) mass is 539 g/mol. The van der Waals surface area contributed by atoms with Gasteiger partial charge in [-0.2, -0.15) is 5.10 Å². The fraction of sp³-hybridized carbons (Fsp3) is 0.481. The van der Waals surface area contributed by atoms with Crippen molar-refractivity contribution in [3.8, 4) is 0 Å². The van der Waals surface area contributed by atoms with Gasteiger partial charge in [0.15, 0.2) is 11.6 Å². The maximum absolute atomic E-state index is 13.8. The number of fused-ring (bicyclic) bond motifs is 2. The summed E-state index contributed by atoms with van der Waals surface area (Å²) in [6.45, 7) is 9.36. The van der Waals surface area contributed by atoms with Crippen LogP contribution in [0.4, 0.5) is 10.6 Å². The van der Waals surface area contributed by atoms with Crippen molar-refractivity contribution in [1.82, 2.24) is 19.5 Å². The second-order valence-electron chi connectivity index (χ2n) is 11.2. The summed E-state index contributed by atoms with van der Waals surface area (Å²) in [5.74, 6) is -2.16. The number of aromatic nitrogens is 3. The number of carbonyl (C=O) groups is 2. The largest absolute Gasteiger partial charge is 0.478 e. The number of carbonyl (C=O) groups excluding carboxylic acids is 1. The van der Waals surface area contributed by atoms with Crippen LogP contribution in [0.15, 0.2) is 42.7 Å². The average Bonchev–Trinajstić information content (AvgIpc) is 3.46. The van der Waals surface area contributed by atoms with Gasteiger partial charge in [-0.1, -0.05) is 30.3 Å². The molecule has 1 amide bonds. The van der Waals surface area contributed by atoms with Gasteiger partial charge in [0, 0.05) is 0 Å². The number of likely N-dealkylation sites (tertiary alicyclic amines) is 1. The van der Waals surface area contributed by atoms with Crippen molar-refractivity contribution in [1.29, 1.82) is 0 Å². The Morgan fingerprint density at radius 1 is 1.15 bits per heavy atom. The maximum Gasteiger partial charge on any atom is 0.411 e. The molecule has 39 heavy (non-hydrogen) atoms. The van der Waals surface area contributed by atoms with Gasteiger partial charge < -0.3 is 29.8 Å². The third kappa shape index (κ3) is 5.14. The molecule has 12 nitrogen and oxygen atoms in total. The van der Waals surface area contributed by atoms with E-state index >= 15 is 0 Å². The fourth-order valence-electron chi connectivity index (χ4n) is 5.27. The fourth-order valence-corrected chi connectivity index (χ4v) is 5.27. The van der Waals surface area contributed by atoms with Crippen LogP contribution in [0.25, 0.3) is 5.52 Å². The Labute approximate surface area is 225 Å². The van der Waals surface area contributed by atoms with E-state index in [1.54, 1.807) is 34.6 Å². The Balaban J connectivity index is 1.60. The Morgan fingerprint density at radius 2 is 1.85 bits per heavy atom. The Bertz CT molecular complexity index is 1380. The molecule has 0 saturated carbocycles. The van der Waals surface area contributed by atoms with Crippen molar-refractivity contribution in [2.24, 2.45) is 0 Å². The first-order valence-corrected chi connectivity index (χ1v) is 12.7. The quantitative estimate of drug-likeness (QED) is 0.477. The Morgan fingerprint density at radius 3 is 2.51 bits per heavy atom. The van der Waals surface area contributed by atoms with E-state index in [1.807, 2.05) is 30.3 Å². The van der Waals surface area contributed by atoms with Gasteiger partial charge in [0.25, 0.3) is 0 Å². The molecule has 2 fully saturated rings. The first-order chi connectivity index (χ1) is 18.4. The number of amides is 1. The lowest BCUT2D eigenvalue weighted by molar-refractivity contribution is -0.170. The first kappa shape index (κ1) is 26.9. The summed E-state index contributed by atoms with van der Waals surface area (Å²) in [6, 6.07) is 9.69. The number of nitrogens with zero attached hydrogens (tertiary/aromatic N) is 4. The molecule has 3 N–H and O–H groups in total. The number of hydrogen-bond acceptors (Lipinski definition) is 9. The number of carboxylic acid groups (broad SMARTS) is 1. The van der Waals surface area contributed by atoms with Crippen LogP contribution < -0.4 is 5.73 Å². The third-order valence-electron chi connectivity index (χ3n) is 6.66. The van der Waals surface area contributed by atoms with Crippen molar-refractivity contribution in [2.75, 3.05) is 12.3 Å². The van der Waals surface area contributed by atoms with Crippen molar-refractivity contribution in [3.05, 3.63) is 59.5 Å². The average molecular weight is 540 g/mol. The summed E-state index contributed by atoms with van der Waals surface area (Å²) >= 11 is 0. The van der Waals surface area contributed by atoms with Crippen molar-refractivity contribution >= 4 is 23.4 Å². The zero-order valence-corrected chi connectivity index (χ0v) is 22.5. The molecule has 0 bridgehead atoms. The van der Waals surface area contributed by atoms with Crippen LogP contribution in [0.2, 0.25) is 0 Å². The zero-order chi connectivity index (χ0) is 28.1. The van der Waals surface area contributed by atoms with Gasteiger partial charge >= 0.3 is 12.1 Å². The second kappa shape index (κ2) is 9.78. The second-order valence-corrected chi connectivity index (χ2v) is 11.2. The predicted octanol–water partition coefficient (Wildman–Crippen LogP) is 3.41. The highest BCUT2D eigenvalue weighted by molar-refractivity contribution is 5.99. The topological polar surface area (TPSA) is 151 Å². The van der Waals surface area contributed by atoms with Crippen LogP contribution in [-0.2, 0) is 25.6 Å². The minimum Gasteiger partial charge on any atom is -0.478 e. The molecule has 0 unspecified atom stereocenters. The van der Waals surface area contributed by atoms with Crippen LogP contribution >= 0.6 is 0 Å². The van der Waals surface area contributed by atoms with E-state index in [4.69, 9.17) is 24.7 Å². The molecule has 0 aliphatic carbocycles. The number of nitrogens with two attached hydrogens (primary N) is 1. The summed E-state index contributed by atoms with van der Waals surface area (Å²) in [4.78, 5) is 31.4. The predicted molar refractivity (Wildman–Crippen MR) is 139 cm³/mol. The molecule has 2 aromatic heterocycles. The lowest BCUT2D eigenvalue weighted by atomic mass is 10.1. The molecular formula is C27H33N5O7. The number of carboxylic acids is 1. The van der Waals surface area contributed by atoms with Crippen LogP contribution in [0.3, 0.4) is 0 Å². The first-order valence-electron chi connectivity index (χ1n) is 12.7. The maximum atomic E-state index is 13.8. The molecule has 208 valence electrons. The minimum absolute atomic E-state index is 0.00122. The summed E-state index contributed by atoms with van der Waals surface area (Å²) in [5, 5.41) is 14.2. The van der Waals surface area contributed by atoms with Crippen molar-refractivity contribution in [3.63, 3.8) is 0 Å². The Kier molecular flexibility index (Phi) is 6.73. The van der Waals surface area contributed by atoms with Gasteiger partial charge in [0.1, 0.15) is 35.7 Å². The number of ether oxygens (including phenoxy) is 4.